The van der Waals surface area contributed by atoms with Gasteiger partial charge in [-0.2, -0.15) is 5.48 Å². The molecule has 0 amide bonds. The Morgan fingerprint density at radius 3 is 3.08 bits per heavy atom. The molecule has 4 nitrogen and oxygen atoms in total. The Kier molecular flexibility index (Phi) is 1.93. The van der Waals surface area contributed by atoms with Crippen molar-refractivity contribution in [1.82, 2.24) is 10.5 Å². The van der Waals surface area contributed by atoms with Gasteiger partial charge in [0, 0.05) is 6.20 Å². The van der Waals surface area contributed by atoms with Crippen LogP contribution < -0.4 is 11.2 Å². The van der Waals surface area contributed by atoms with Crippen molar-refractivity contribution >= 4 is 5.82 Å². The Labute approximate surface area is 70.7 Å². The molecule has 1 unspecified atom stereocenters. The summed E-state index contributed by atoms with van der Waals surface area (Å²) in [6, 6.07) is 4.04. The zero-order valence-electron chi connectivity index (χ0n) is 6.66. The first-order chi connectivity index (χ1) is 5.86. The van der Waals surface area contributed by atoms with E-state index in [1.807, 2.05) is 6.07 Å². The van der Waals surface area contributed by atoms with Gasteiger partial charge in [0.25, 0.3) is 0 Å². The van der Waals surface area contributed by atoms with Gasteiger partial charge in [-0.3, -0.25) is 0 Å². The van der Waals surface area contributed by atoms with E-state index in [0.29, 0.717) is 5.82 Å². The molecule has 0 saturated carbocycles. The number of nitrogens with zero attached hydrogens (tertiary/aromatic N) is 1. The van der Waals surface area contributed by atoms with E-state index in [0.717, 1.165) is 18.6 Å². The van der Waals surface area contributed by atoms with Crippen molar-refractivity contribution < 1.29 is 4.84 Å². The second-order valence-electron chi connectivity index (χ2n) is 2.82. The fourth-order valence-corrected chi connectivity index (χ4v) is 1.25. The number of hydrogen-bond acceptors (Lipinski definition) is 4. The highest BCUT2D eigenvalue weighted by molar-refractivity contribution is 5.30. The fraction of sp³-hybridized carbons (Fsp3) is 0.375. The predicted molar refractivity (Wildman–Crippen MR) is 45.1 cm³/mol. The quantitative estimate of drug-likeness (QED) is 0.640. The van der Waals surface area contributed by atoms with Crippen LogP contribution in [0.4, 0.5) is 5.82 Å². The van der Waals surface area contributed by atoms with E-state index >= 15 is 0 Å². The van der Waals surface area contributed by atoms with Gasteiger partial charge in [-0.1, -0.05) is 6.07 Å². The van der Waals surface area contributed by atoms with Gasteiger partial charge in [0.05, 0.1) is 12.6 Å². The van der Waals surface area contributed by atoms with E-state index in [1.54, 1.807) is 12.3 Å². The SMILES string of the molecule is Nc1ccc(C2CCON2)cn1. The van der Waals surface area contributed by atoms with Crippen molar-refractivity contribution in [3.63, 3.8) is 0 Å². The van der Waals surface area contributed by atoms with E-state index in [-0.39, 0.29) is 6.04 Å². The molecule has 1 aliphatic rings. The molecule has 0 radical (unpaired) electrons. The fourth-order valence-electron chi connectivity index (χ4n) is 1.25. The summed E-state index contributed by atoms with van der Waals surface area (Å²) in [6.07, 6.45) is 2.77. The Hall–Kier alpha value is -1.13. The van der Waals surface area contributed by atoms with Crippen molar-refractivity contribution in [1.29, 1.82) is 0 Å². The average molecular weight is 165 g/mol. The largest absolute Gasteiger partial charge is 0.384 e. The van der Waals surface area contributed by atoms with Crippen LogP contribution in [0.2, 0.25) is 0 Å². The highest BCUT2D eigenvalue weighted by Gasteiger charge is 2.16. The molecule has 3 N–H and O–H groups in total. The average Bonchev–Trinajstić information content (AvgIpc) is 2.58. The third-order valence-electron chi connectivity index (χ3n) is 1.95. The molecule has 1 aromatic heterocycles. The molecule has 1 atom stereocenters. The van der Waals surface area contributed by atoms with Crippen LogP contribution in [0.25, 0.3) is 0 Å². The highest BCUT2D eigenvalue weighted by Crippen LogP contribution is 2.20. The van der Waals surface area contributed by atoms with Gasteiger partial charge in [0.15, 0.2) is 0 Å². The van der Waals surface area contributed by atoms with Crippen LogP contribution >= 0.6 is 0 Å². The van der Waals surface area contributed by atoms with Crippen LogP contribution in [-0.2, 0) is 4.84 Å². The summed E-state index contributed by atoms with van der Waals surface area (Å²) in [6.45, 7) is 0.759. The number of hydrogen-bond donors (Lipinski definition) is 2. The normalized spacial score (nSPS) is 22.8. The molecule has 12 heavy (non-hydrogen) atoms. The lowest BCUT2D eigenvalue weighted by atomic mass is 10.1. The minimum Gasteiger partial charge on any atom is -0.384 e. The molecule has 1 saturated heterocycles. The molecule has 4 heteroatoms. The first-order valence-electron chi connectivity index (χ1n) is 3.95. The van der Waals surface area contributed by atoms with Gasteiger partial charge < -0.3 is 10.6 Å². The molecule has 0 aromatic carbocycles. The lowest BCUT2D eigenvalue weighted by Crippen LogP contribution is -2.11. The van der Waals surface area contributed by atoms with Gasteiger partial charge in [0.2, 0.25) is 0 Å². The van der Waals surface area contributed by atoms with Gasteiger partial charge >= 0.3 is 0 Å². The Morgan fingerprint density at radius 2 is 2.50 bits per heavy atom. The molecule has 0 aliphatic carbocycles. The van der Waals surface area contributed by atoms with Crippen molar-refractivity contribution in [3.05, 3.63) is 23.9 Å². The number of nitrogen functional groups attached to an aromatic ring is 1. The van der Waals surface area contributed by atoms with Crippen LogP contribution in [0.15, 0.2) is 18.3 Å². The van der Waals surface area contributed by atoms with Gasteiger partial charge in [-0.25, -0.2) is 4.98 Å². The molecule has 1 aromatic rings. The number of nitrogens with two attached hydrogens (primary N) is 1. The van der Waals surface area contributed by atoms with E-state index in [2.05, 4.69) is 10.5 Å². The zero-order chi connectivity index (χ0) is 8.39. The van der Waals surface area contributed by atoms with Crippen LogP contribution in [0.1, 0.15) is 18.0 Å². The third-order valence-corrected chi connectivity index (χ3v) is 1.95. The molecule has 1 fully saturated rings. The number of nitrogens with one attached hydrogen (secondary N) is 1. The van der Waals surface area contributed by atoms with Gasteiger partial charge in [-0.05, 0) is 18.1 Å². The topological polar surface area (TPSA) is 60.2 Å². The van der Waals surface area contributed by atoms with E-state index < -0.39 is 0 Å². The molecular weight excluding hydrogens is 154 g/mol. The standard InChI is InChI=1S/C8H11N3O/c9-8-2-1-6(5-10-8)7-3-4-12-11-7/h1-2,5,7,11H,3-4H2,(H2,9,10). The number of pyridine rings is 1. The molecule has 64 valence electrons. The van der Waals surface area contributed by atoms with Crippen molar-refractivity contribution in [2.45, 2.75) is 12.5 Å². The smallest absolute Gasteiger partial charge is 0.123 e. The molecule has 1 aliphatic heterocycles. The minimum absolute atomic E-state index is 0.276. The number of aromatic nitrogens is 1. The Bertz CT molecular complexity index is 254. The van der Waals surface area contributed by atoms with Crippen molar-refractivity contribution in [3.8, 4) is 0 Å². The maximum Gasteiger partial charge on any atom is 0.123 e. The molecule has 2 rings (SSSR count). The van der Waals surface area contributed by atoms with Gasteiger partial charge in [0.1, 0.15) is 5.82 Å². The second-order valence-corrected chi connectivity index (χ2v) is 2.82. The maximum absolute atomic E-state index is 5.46. The summed E-state index contributed by atoms with van der Waals surface area (Å²) < 4.78 is 0. The van der Waals surface area contributed by atoms with Crippen LogP contribution in [0, 0.1) is 0 Å². The first kappa shape index (κ1) is 7.52. The minimum atomic E-state index is 0.276. The van der Waals surface area contributed by atoms with Crippen molar-refractivity contribution in [2.75, 3.05) is 12.3 Å². The van der Waals surface area contributed by atoms with Gasteiger partial charge in [-0.15, -0.1) is 0 Å². The summed E-state index contributed by atoms with van der Waals surface area (Å²) >= 11 is 0. The summed E-state index contributed by atoms with van der Waals surface area (Å²) in [5, 5.41) is 0. The van der Waals surface area contributed by atoms with E-state index in [4.69, 9.17) is 10.6 Å². The second kappa shape index (κ2) is 3.08. The summed E-state index contributed by atoms with van der Waals surface area (Å²) in [5.74, 6) is 0.553. The summed E-state index contributed by atoms with van der Waals surface area (Å²) in [4.78, 5) is 9.04. The van der Waals surface area contributed by atoms with Crippen LogP contribution in [-0.4, -0.2) is 11.6 Å². The molecule has 0 bridgehead atoms. The van der Waals surface area contributed by atoms with Crippen LogP contribution in [0.3, 0.4) is 0 Å². The Balaban J connectivity index is 2.17. The Morgan fingerprint density at radius 1 is 1.58 bits per heavy atom. The van der Waals surface area contributed by atoms with E-state index in [9.17, 15) is 0 Å². The zero-order valence-corrected chi connectivity index (χ0v) is 6.66. The summed E-state index contributed by atoms with van der Waals surface area (Å²) in [5.41, 5.74) is 9.50. The van der Waals surface area contributed by atoms with Crippen molar-refractivity contribution in [2.24, 2.45) is 0 Å². The lowest BCUT2D eigenvalue weighted by molar-refractivity contribution is 0.0882. The highest BCUT2D eigenvalue weighted by atomic mass is 16.7. The maximum atomic E-state index is 5.46. The number of anilines is 1. The molecular formula is C8H11N3O. The third kappa shape index (κ3) is 1.39. The molecule has 0 spiro atoms. The van der Waals surface area contributed by atoms with Crippen LogP contribution in [0.5, 0.6) is 0 Å². The first-order valence-corrected chi connectivity index (χ1v) is 3.95. The monoisotopic (exact) mass is 165 g/mol. The predicted octanol–water partition coefficient (Wildman–Crippen LogP) is 0.630. The molecule has 2 heterocycles. The number of hydroxylamine groups is 1. The summed E-state index contributed by atoms with van der Waals surface area (Å²) in [7, 11) is 0. The number of rotatable bonds is 1. The lowest BCUT2D eigenvalue weighted by Gasteiger charge is -2.07. The van der Waals surface area contributed by atoms with E-state index in [1.165, 1.54) is 0 Å².